The van der Waals surface area contributed by atoms with Gasteiger partial charge in [-0.05, 0) is 30.7 Å². The van der Waals surface area contributed by atoms with Crippen molar-refractivity contribution in [3.05, 3.63) is 0 Å². The van der Waals surface area contributed by atoms with Crippen LogP contribution in [0.3, 0.4) is 0 Å². The van der Waals surface area contributed by atoms with Crippen LogP contribution in [0.25, 0.3) is 0 Å². The molecule has 0 aromatic carbocycles. The predicted octanol–water partition coefficient (Wildman–Crippen LogP) is 4.60. The first-order valence-corrected chi connectivity index (χ1v) is 10.9. The van der Waals surface area contributed by atoms with Crippen molar-refractivity contribution < 1.29 is 8.85 Å². The van der Waals surface area contributed by atoms with Gasteiger partial charge in [0, 0.05) is 18.8 Å². The van der Waals surface area contributed by atoms with Gasteiger partial charge in [-0.15, -0.1) is 0 Å². The lowest BCUT2D eigenvalue weighted by molar-refractivity contribution is 0.114. The Labute approximate surface area is 133 Å². The summed E-state index contributed by atoms with van der Waals surface area (Å²) in [6, 6.07) is 0.409. The molecule has 1 aliphatic carbocycles. The molecule has 0 aromatic rings. The quantitative estimate of drug-likeness (QED) is 0.631. The number of hydrogen-bond donors (Lipinski definition) is 1. The molecule has 0 aromatic heterocycles. The van der Waals surface area contributed by atoms with E-state index in [0.29, 0.717) is 23.4 Å². The van der Waals surface area contributed by atoms with Crippen LogP contribution < -0.4 is 4.98 Å². The van der Waals surface area contributed by atoms with E-state index >= 15 is 0 Å². The van der Waals surface area contributed by atoms with Gasteiger partial charge < -0.3 is 8.85 Å². The number of hydrogen-bond acceptors (Lipinski definition) is 3. The Morgan fingerprint density at radius 3 is 1.86 bits per heavy atom. The summed E-state index contributed by atoms with van der Waals surface area (Å²) in [5.41, 5.74) is 0.562. The highest BCUT2D eigenvalue weighted by atomic mass is 28.4. The van der Waals surface area contributed by atoms with Gasteiger partial charge in [-0.3, -0.25) is 4.98 Å². The first-order valence-electron chi connectivity index (χ1n) is 9.02. The summed E-state index contributed by atoms with van der Waals surface area (Å²) in [5, 5.41) is 0. The average molecular weight is 316 g/mol. The van der Waals surface area contributed by atoms with E-state index in [0.717, 1.165) is 26.1 Å². The third-order valence-corrected chi connectivity index (χ3v) is 8.78. The van der Waals surface area contributed by atoms with Crippen molar-refractivity contribution in [3.63, 3.8) is 0 Å². The van der Waals surface area contributed by atoms with Crippen molar-refractivity contribution in [1.29, 1.82) is 0 Å². The SMILES string of the molecule is CCCO[Si](NC(C)C)(OCCC)C1C(C)CCCC1C. The van der Waals surface area contributed by atoms with Crippen LogP contribution in [0.1, 0.15) is 73.6 Å². The third kappa shape index (κ3) is 5.34. The van der Waals surface area contributed by atoms with Crippen LogP contribution in [-0.2, 0) is 8.85 Å². The molecule has 4 heteroatoms. The molecule has 1 fully saturated rings. The molecule has 2 atom stereocenters. The van der Waals surface area contributed by atoms with E-state index in [2.05, 4.69) is 46.5 Å². The molecule has 1 rings (SSSR count). The summed E-state index contributed by atoms with van der Waals surface area (Å²) in [6.45, 7) is 15.2. The van der Waals surface area contributed by atoms with E-state index in [-0.39, 0.29) is 0 Å². The molecule has 2 unspecified atom stereocenters. The van der Waals surface area contributed by atoms with Gasteiger partial charge in [-0.1, -0.05) is 60.8 Å². The Bertz CT molecular complexity index is 268. The van der Waals surface area contributed by atoms with Gasteiger partial charge in [0.1, 0.15) is 0 Å². The smallest absolute Gasteiger partial charge is 0.383 e. The second-order valence-corrected chi connectivity index (χ2v) is 9.94. The van der Waals surface area contributed by atoms with Gasteiger partial charge in [-0.25, -0.2) is 0 Å². The Morgan fingerprint density at radius 1 is 1.00 bits per heavy atom. The minimum atomic E-state index is -2.38. The van der Waals surface area contributed by atoms with E-state index in [4.69, 9.17) is 8.85 Å². The molecule has 3 nitrogen and oxygen atoms in total. The summed E-state index contributed by atoms with van der Waals surface area (Å²) >= 11 is 0. The maximum atomic E-state index is 6.48. The summed E-state index contributed by atoms with van der Waals surface area (Å²) in [5.74, 6) is 1.39. The van der Waals surface area contributed by atoms with Crippen LogP contribution in [0.4, 0.5) is 0 Å². The number of rotatable bonds is 9. The fourth-order valence-corrected chi connectivity index (χ4v) is 8.23. The molecule has 1 saturated carbocycles. The Hall–Kier alpha value is 0.0969. The van der Waals surface area contributed by atoms with Crippen molar-refractivity contribution in [1.82, 2.24) is 4.98 Å². The van der Waals surface area contributed by atoms with E-state index in [1.54, 1.807) is 0 Å². The summed E-state index contributed by atoms with van der Waals surface area (Å²) < 4.78 is 13.0. The van der Waals surface area contributed by atoms with Crippen LogP contribution in [0.5, 0.6) is 0 Å². The normalized spacial score (nSPS) is 27.3. The van der Waals surface area contributed by atoms with Crippen LogP contribution in [0, 0.1) is 11.8 Å². The zero-order chi connectivity index (χ0) is 15.9. The lowest BCUT2D eigenvalue weighted by Crippen LogP contribution is -2.65. The summed E-state index contributed by atoms with van der Waals surface area (Å²) in [7, 11) is -2.38. The van der Waals surface area contributed by atoms with Gasteiger partial charge in [0.2, 0.25) is 0 Å². The Kier molecular flexibility index (Phi) is 8.46. The highest BCUT2D eigenvalue weighted by molar-refractivity contribution is 6.66. The molecule has 1 aliphatic rings. The van der Waals surface area contributed by atoms with Crippen LogP contribution in [-0.4, -0.2) is 28.0 Å². The van der Waals surface area contributed by atoms with E-state index in [9.17, 15) is 0 Å². The molecule has 0 saturated heterocycles. The van der Waals surface area contributed by atoms with E-state index in [1.807, 2.05) is 0 Å². The second-order valence-electron chi connectivity index (χ2n) is 7.07. The molecule has 0 amide bonds. The monoisotopic (exact) mass is 315 g/mol. The fourth-order valence-electron chi connectivity index (χ4n) is 3.75. The largest absolute Gasteiger partial charge is 0.429 e. The molecule has 126 valence electrons. The predicted molar refractivity (Wildman–Crippen MR) is 92.4 cm³/mol. The summed E-state index contributed by atoms with van der Waals surface area (Å²) in [4.78, 5) is 3.79. The zero-order valence-corrected chi connectivity index (χ0v) is 16.1. The van der Waals surface area contributed by atoms with Crippen molar-refractivity contribution in [2.45, 2.75) is 85.2 Å². The lowest BCUT2D eigenvalue weighted by Gasteiger charge is -2.46. The Balaban J connectivity index is 3.03. The topological polar surface area (TPSA) is 30.5 Å². The van der Waals surface area contributed by atoms with Crippen molar-refractivity contribution in [2.24, 2.45) is 11.8 Å². The molecule has 0 aliphatic heterocycles. The minimum absolute atomic E-state index is 0.409. The molecular formula is C17H37NO2Si. The van der Waals surface area contributed by atoms with Gasteiger partial charge in [-0.2, -0.15) is 0 Å². The molecule has 21 heavy (non-hydrogen) atoms. The molecule has 0 heterocycles. The van der Waals surface area contributed by atoms with Gasteiger partial charge in [0.15, 0.2) is 0 Å². The highest BCUT2D eigenvalue weighted by Gasteiger charge is 2.52. The van der Waals surface area contributed by atoms with Gasteiger partial charge in [0.05, 0.1) is 0 Å². The standard InChI is InChI=1S/C17H37NO2Si/c1-7-12-19-21(18-14(3)4,20-13-8-2)17-15(5)10-9-11-16(17)6/h14-18H,7-13H2,1-6H3. The highest BCUT2D eigenvalue weighted by Crippen LogP contribution is 2.45. The molecular weight excluding hydrogens is 278 g/mol. The fraction of sp³-hybridized carbons (Fsp3) is 1.00. The zero-order valence-electron chi connectivity index (χ0n) is 15.1. The Morgan fingerprint density at radius 2 is 1.48 bits per heavy atom. The van der Waals surface area contributed by atoms with Crippen molar-refractivity contribution in [2.75, 3.05) is 13.2 Å². The molecule has 0 spiro atoms. The third-order valence-electron chi connectivity index (χ3n) is 4.51. The van der Waals surface area contributed by atoms with E-state index < -0.39 is 8.72 Å². The molecule has 1 N–H and O–H groups in total. The first-order chi connectivity index (χ1) is 9.96. The van der Waals surface area contributed by atoms with Crippen LogP contribution in [0.15, 0.2) is 0 Å². The van der Waals surface area contributed by atoms with Crippen molar-refractivity contribution >= 4 is 8.72 Å². The molecule has 0 radical (unpaired) electrons. The summed E-state index contributed by atoms with van der Waals surface area (Å²) in [6.07, 6.45) is 6.09. The maximum Gasteiger partial charge on any atom is 0.429 e. The van der Waals surface area contributed by atoms with E-state index in [1.165, 1.54) is 19.3 Å². The average Bonchev–Trinajstić information content (AvgIpc) is 2.42. The second kappa shape index (κ2) is 9.28. The van der Waals surface area contributed by atoms with Gasteiger partial charge in [0.25, 0.3) is 0 Å². The van der Waals surface area contributed by atoms with Gasteiger partial charge >= 0.3 is 8.72 Å². The van der Waals surface area contributed by atoms with Crippen molar-refractivity contribution in [3.8, 4) is 0 Å². The lowest BCUT2D eigenvalue weighted by atomic mass is 9.83. The first kappa shape index (κ1) is 19.1. The molecule has 0 bridgehead atoms. The minimum Gasteiger partial charge on any atom is -0.383 e. The van der Waals surface area contributed by atoms with Crippen LogP contribution >= 0.6 is 0 Å². The number of nitrogens with one attached hydrogen (secondary N) is 1. The van der Waals surface area contributed by atoms with Crippen LogP contribution in [0.2, 0.25) is 5.54 Å². The maximum absolute atomic E-state index is 6.48.